The molecule has 0 bridgehead atoms. The van der Waals surface area contributed by atoms with Gasteiger partial charge in [-0.2, -0.15) is 8.78 Å². The SMILES string of the molecule is CCCc1ccc(C(=O)C(F)(F)C(F)F)cc1. The molecule has 0 unspecified atom stereocenters. The second-order valence-electron chi connectivity index (χ2n) is 3.70. The largest absolute Gasteiger partial charge is 0.368 e. The fourth-order valence-corrected chi connectivity index (χ4v) is 1.40. The van der Waals surface area contributed by atoms with Gasteiger partial charge in [0.15, 0.2) is 0 Å². The maximum absolute atomic E-state index is 12.8. The van der Waals surface area contributed by atoms with Crippen LogP contribution >= 0.6 is 0 Å². The molecule has 0 N–H and O–H groups in total. The monoisotopic (exact) mass is 248 g/mol. The fraction of sp³-hybridized carbons (Fsp3) is 0.417. The Labute approximate surface area is 96.4 Å². The lowest BCUT2D eigenvalue weighted by Gasteiger charge is -2.13. The van der Waals surface area contributed by atoms with Gasteiger partial charge >= 0.3 is 12.3 Å². The number of carbonyl (C=O) groups is 1. The minimum Gasteiger partial charge on any atom is -0.287 e. The van der Waals surface area contributed by atoms with E-state index in [2.05, 4.69) is 0 Å². The first-order chi connectivity index (χ1) is 7.89. The van der Waals surface area contributed by atoms with Crippen molar-refractivity contribution < 1.29 is 22.4 Å². The molecule has 1 nitrogen and oxygen atoms in total. The van der Waals surface area contributed by atoms with E-state index in [1.165, 1.54) is 12.1 Å². The zero-order valence-corrected chi connectivity index (χ0v) is 9.22. The molecule has 0 amide bonds. The third-order valence-corrected chi connectivity index (χ3v) is 2.33. The predicted molar refractivity (Wildman–Crippen MR) is 55.7 cm³/mol. The minimum atomic E-state index is -4.62. The van der Waals surface area contributed by atoms with Crippen LogP contribution in [0.2, 0.25) is 0 Å². The van der Waals surface area contributed by atoms with Crippen molar-refractivity contribution >= 4 is 5.78 Å². The zero-order chi connectivity index (χ0) is 13.1. The summed E-state index contributed by atoms with van der Waals surface area (Å²) < 4.78 is 49.5. The summed E-state index contributed by atoms with van der Waals surface area (Å²) >= 11 is 0. The molecule has 94 valence electrons. The van der Waals surface area contributed by atoms with E-state index in [-0.39, 0.29) is 0 Å². The number of alkyl halides is 4. The number of ketones is 1. The molecule has 1 rings (SSSR count). The van der Waals surface area contributed by atoms with Crippen molar-refractivity contribution in [2.24, 2.45) is 0 Å². The highest BCUT2D eigenvalue weighted by molar-refractivity contribution is 6.01. The average Bonchev–Trinajstić information content (AvgIpc) is 2.29. The molecule has 0 aromatic heterocycles. The van der Waals surface area contributed by atoms with Crippen LogP contribution in [0.4, 0.5) is 17.6 Å². The van der Waals surface area contributed by atoms with Crippen molar-refractivity contribution in [2.45, 2.75) is 32.1 Å². The Morgan fingerprint density at radius 2 is 1.76 bits per heavy atom. The lowest BCUT2D eigenvalue weighted by molar-refractivity contribution is -0.0958. The van der Waals surface area contributed by atoms with Gasteiger partial charge in [0.1, 0.15) is 0 Å². The smallest absolute Gasteiger partial charge is 0.287 e. The number of aryl methyl sites for hydroxylation is 1. The van der Waals surface area contributed by atoms with Crippen molar-refractivity contribution in [3.8, 4) is 0 Å². The molecule has 5 heteroatoms. The molecule has 0 heterocycles. The molecule has 0 aliphatic heterocycles. The summed E-state index contributed by atoms with van der Waals surface area (Å²) in [5.41, 5.74) is 0.486. The van der Waals surface area contributed by atoms with Crippen LogP contribution in [0.1, 0.15) is 29.3 Å². The van der Waals surface area contributed by atoms with Crippen LogP contribution in [0, 0.1) is 0 Å². The summed E-state index contributed by atoms with van der Waals surface area (Å²) in [7, 11) is 0. The highest BCUT2D eigenvalue weighted by Crippen LogP contribution is 2.27. The van der Waals surface area contributed by atoms with Gasteiger partial charge in [0.05, 0.1) is 0 Å². The van der Waals surface area contributed by atoms with Crippen LogP contribution in [-0.4, -0.2) is 18.1 Å². The van der Waals surface area contributed by atoms with Gasteiger partial charge in [-0.15, -0.1) is 0 Å². The lowest BCUT2D eigenvalue weighted by Crippen LogP contribution is -2.36. The third-order valence-electron chi connectivity index (χ3n) is 2.33. The summed E-state index contributed by atoms with van der Waals surface area (Å²) in [5, 5.41) is 0. The van der Waals surface area contributed by atoms with Gasteiger partial charge in [-0.3, -0.25) is 4.79 Å². The van der Waals surface area contributed by atoms with Gasteiger partial charge in [-0.05, 0) is 12.0 Å². The van der Waals surface area contributed by atoms with Crippen LogP contribution in [0.15, 0.2) is 24.3 Å². The molecular weight excluding hydrogens is 236 g/mol. The Kier molecular flexibility index (Phi) is 4.26. The molecule has 0 saturated carbocycles. The van der Waals surface area contributed by atoms with E-state index in [0.29, 0.717) is 0 Å². The Bertz CT molecular complexity index is 384. The number of benzene rings is 1. The number of hydrogen-bond donors (Lipinski definition) is 0. The van der Waals surface area contributed by atoms with E-state index in [0.717, 1.165) is 30.5 Å². The fourth-order valence-electron chi connectivity index (χ4n) is 1.40. The summed E-state index contributed by atoms with van der Waals surface area (Å²) in [4.78, 5) is 11.1. The summed E-state index contributed by atoms with van der Waals surface area (Å²) in [6.45, 7) is 1.95. The molecule has 0 aliphatic rings. The molecule has 0 saturated heterocycles. The van der Waals surface area contributed by atoms with E-state index < -0.39 is 23.7 Å². The Balaban J connectivity index is 2.90. The van der Waals surface area contributed by atoms with E-state index in [1.807, 2.05) is 6.92 Å². The molecule has 1 aromatic rings. The van der Waals surface area contributed by atoms with Gasteiger partial charge in [0.25, 0.3) is 0 Å². The van der Waals surface area contributed by atoms with Gasteiger partial charge in [-0.1, -0.05) is 37.6 Å². The summed E-state index contributed by atoms with van der Waals surface area (Å²) in [5.74, 6) is -6.46. The molecule has 0 fully saturated rings. The highest BCUT2D eigenvalue weighted by atomic mass is 19.3. The molecule has 1 aromatic carbocycles. The number of carbonyl (C=O) groups excluding carboxylic acids is 1. The van der Waals surface area contributed by atoms with Gasteiger partial charge in [-0.25, -0.2) is 8.78 Å². The Morgan fingerprint density at radius 1 is 1.24 bits per heavy atom. The number of Topliss-reactive ketones (excluding diaryl/α,β-unsaturated/α-hetero) is 1. The standard InChI is InChI=1S/C12H12F4O/c1-2-3-8-4-6-9(7-5-8)10(17)12(15,16)11(13)14/h4-7,11H,2-3H2,1H3. The molecule has 0 radical (unpaired) electrons. The molecular formula is C12H12F4O. The van der Waals surface area contributed by atoms with E-state index in [9.17, 15) is 22.4 Å². The molecule has 0 aliphatic carbocycles. The van der Waals surface area contributed by atoms with Crippen molar-refractivity contribution in [2.75, 3.05) is 0 Å². The maximum Gasteiger partial charge on any atom is 0.368 e. The van der Waals surface area contributed by atoms with E-state index in [1.54, 1.807) is 0 Å². The predicted octanol–water partition coefficient (Wildman–Crippen LogP) is 3.72. The van der Waals surface area contributed by atoms with Crippen LogP contribution in [0.3, 0.4) is 0 Å². The minimum absolute atomic E-state index is 0.393. The highest BCUT2D eigenvalue weighted by Gasteiger charge is 2.48. The number of hydrogen-bond acceptors (Lipinski definition) is 1. The van der Waals surface area contributed by atoms with Gasteiger partial charge in [0, 0.05) is 5.56 Å². The number of rotatable bonds is 5. The topological polar surface area (TPSA) is 17.1 Å². The van der Waals surface area contributed by atoms with E-state index >= 15 is 0 Å². The van der Waals surface area contributed by atoms with Gasteiger partial charge < -0.3 is 0 Å². The van der Waals surface area contributed by atoms with Crippen molar-refractivity contribution in [3.63, 3.8) is 0 Å². The Morgan fingerprint density at radius 3 is 2.18 bits per heavy atom. The third kappa shape index (κ3) is 3.05. The summed E-state index contributed by atoms with van der Waals surface area (Å²) in [6, 6.07) is 5.31. The lowest BCUT2D eigenvalue weighted by atomic mass is 10.0. The van der Waals surface area contributed by atoms with Crippen LogP contribution in [0.5, 0.6) is 0 Å². The van der Waals surface area contributed by atoms with Crippen molar-refractivity contribution in [1.29, 1.82) is 0 Å². The van der Waals surface area contributed by atoms with Crippen LogP contribution in [-0.2, 0) is 6.42 Å². The normalized spacial score (nSPS) is 11.9. The summed E-state index contributed by atoms with van der Waals surface area (Å²) in [6.07, 6.45) is -2.36. The Hall–Kier alpha value is -1.39. The molecule has 0 spiro atoms. The van der Waals surface area contributed by atoms with E-state index in [4.69, 9.17) is 0 Å². The van der Waals surface area contributed by atoms with Gasteiger partial charge in [0.2, 0.25) is 5.78 Å². The average molecular weight is 248 g/mol. The second kappa shape index (κ2) is 5.29. The quantitative estimate of drug-likeness (QED) is 0.573. The maximum atomic E-state index is 12.8. The first-order valence-corrected chi connectivity index (χ1v) is 5.19. The van der Waals surface area contributed by atoms with Crippen LogP contribution < -0.4 is 0 Å². The van der Waals surface area contributed by atoms with Crippen molar-refractivity contribution in [1.82, 2.24) is 0 Å². The number of halogens is 4. The first-order valence-electron chi connectivity index (χ1n) is 5.19. The second-order valence-corrected chi connectivity index (χ2v) is 3.70. The molecule has 0 atom stereocenters. The van der Waals surface area contributed by atoms with Crippen molar-refractivity contribution in [3.05, 3.63) is 35.4 Å². The molecule has 17 heavy (non-hydrogen) atoms. The van der Waals surface area contributed by atoms with Crippen LogP contribution in [0.25, 0.3) is 0 Å². The first kappa shape index (κ1) is 13.7. The zero-order valence-electron chi connectivity index (χ0n) is 9.22.